The standard InChI is InChI=1S/C19H23ClN4O2S/c1-3-12(2)21-17(25)16-9-6-10-24(16)18(26)15-11-27-19(23-15)22-14-8-5-4-7-13(14)20/h4-5,7-8,11-12,16H,3,6,9-10H2,1-2H3,(H,21,25)(H,22,23)/t12-,16-/m0/s1. The first-order valence-electron chi connectivity index (χ1n) is 9.08. The Morgan fingerprint density at radius 1 is 1.41 bits per heavy atom. The van der Waals surface area contributed by atoms with E-state index >= 15 is 0 Å². The number of hydrogen-bond donors (Lipinski definition) is 2. The molecule has 0 aliphatic carbocycles. The van der Waals surface area contributed by atoms with E-state index in [1.807, 2.05) is 32.0 Å². The summed E-state index contributed by atoms with van der Waals surface area (Å²) in [6.07, 6.45) is 2.36. The van der Waals surface area contributed by atoms with Gasteiger partial charge in [-0.05, 0) is 38.3 Å². The highest BCUT2D eigenvalue weighted by molar-refractivity contribution is 7.14. The molecular formula is C19H23ClN4O2S. The van der Waals surface area contributed by atoms with Gasteiger partial charge in [0.2, 0.25) is 5.91 Å². The van der Waals surface area contributed by atoms with E-state index in [9.17, 15) is 9.59 Å². The van der Waals surface area contributed by atoms with Crippen LogP contribution >= 0.6 is 22.9 Å². The zero-order chi connectivity index (χ0) is 19.4. The van der Waals surface area contributed by atoms with Crippen LogP contribution in [0.2, 0.25) is 5.02 Å². The van der Waals surface area contributed by atoms with Crippen molar-refractivity contribution in [1.29, 1.82) is 0 Å². The summed E-state index contributed by atoms with van der Waals surface area (Å²) in [6, 6.07) is 7.03. The Balaban J connectivity index is 1.69. The summed E-state index contributed by atoms with van der Waals surface area (Å²) >= 11 is 7.48. The molecule has 1 aromatic heterocycles. The van der Waals surface area contributed by atoms with Gasteiger partial charge in [-0.2, -0.15) is 0 Å². The molecule has 1 aromatic carbocycles. The zero-order valence-corrected chi connectivity index (χ0v) is 16.9. The maximum Gasteiger partial charge on any atom is 0.274 e. The van der Waals surface area contributed by atoms with Gasteiger partial charge in [-0.3, -0.25) is 9.59 Å². The summed E-state index contributed by atoms with van der Waals surface area (Å²) < 4.78 is 0. The molecule has 6 nitrogen and oxygen atoms in total. The average Bonchev–Trinajstić information content (AvgIpc) is 3.32. The highest BCUT2D eigenvalue weighted by Gasteiger charge is 2.35. The second kappa shape index (κ2) is 8.71. The fourth-order valence-electron chi connectivity index (χ4n) is 2.98. The van der Waals surface area contributed by atoms with Crippen molar-refractivity contribution in [2.75, 3.05) is 11.9 Å². The van der Waals surface area contributed by atoms with Gasteiger partial charge in [-0.25, -0.2) is 4.98 Å². The fourth-order valence-corrected chi connectivity index (χ4v) is 3.86. The number of likely N-dealkylation sites (tertiary alicyclic amines) is 1. The Morgan fingerprint density at radius 3 is 2.93 bits per heavy atom. The lowest BCUT2D eigenvalue weighted by Crippen LogP contribution is -2.48. The minimum Gasteiger partial charge on any atom is -0.352 e. The van der Waals surface area contributed by atoms with Crippen LogP contribution in [-0.2, 0) is 4.79 Å². The lowest BCUT2D eigenvalue weighted by molar-refractivity contribution is -0.125. The first-order chi connectivity index (χ1) is 13.0. The van der Waals surface area contributed by atoms with Gasteiger partial charge < -0.3 is 15.5 Å². The molecule has 1 fully saturated rings. The van der Waals surface area contributed by atoms with Crippen LogP contribution in [0.3, 0.4) is 0 Å². The number of rotatable bonds is 6. The van der Waals surface area contributed by atoms with Crippen LogP contribution in [0.15, 0.2) is 29.6 Å². The third-order valence-electron chi connectivity index (χ3n) is 4.66. The maximum absolute atomic E-state index is 12.9. The second-order valence-corrected chi connectivity index (χ2v) is 7.88. The van der Waals surface area contributed by atoms with Gasteiger partial charge in [0.05, 0.1) is 10.7 Å². The van der Waals surface area contributed by atoms with Crippen molar-refractivity contribution in [2.45, 2.75) is 45.2 Å². The number of halogens is 1. The first-order valence-corrected chi connectivity index (χ1v) is 10.3. The number of anilines is 2. The molecular weight excluding hydrogens is 384 g/mol. The van der Waals surface area contributed by atoms with Crippen LogP contribution in [0.5, 0.6) is 0 Å². The number of aromatic nitrogens is 1. The SMILES string of the molecule is CC[C@H](C)NC(=O)[C@@H]1CCCN1C(=O)c1csc(Nc2ccccc2Cl)n1. The average molecular weight is 407 g/mol. The van der Waals surface area contributed by atoms with Crippen molar-refractivity contribution in [2.24, 2.45) is 0 Å². The molecule has 1 saturated heterocycles. The maximum atomic E-state index is 12.9. The van der Waals surface area contributed by atoms with E-state index in [4.69, 9.17) is 11.6 Å². The van der Waals surface area contributed by atoms with Crippen molar-refractivity contribution in [3.63, 3.8) is 0 Å². The number of amides is 2. The Bertz CT molecular complexity index is 826. The highest BCUT2D eigenvalue weighted by atomic mass is 35.5. The lowest BCUT2D eigenvalue weighted by atomic mass is 10.1. The molecule has 144 valence electrons. The van der Waals surface area contributed by atoms with Crippen LogP contribution in [0.1, 0.15) is 43.6 Å². The number of carbonyl (C=O) groups is 2. The molecule has 1 aliphatic heterocycles. The third kappa shape index (κ3) is 4.59. The lowest BCUT2D eigenvalue weighted by Gasteiger charge is -2.24. The van der Waals surface area contributed by atoms with Gasteiger partial charge in [0.15, 0.2) is 5.13 Å². The number of hydrogen-bond acceptors (Lipinski definition) is 5. The Hall–Kier alpha value is -2.12. The largest absolute Gasteiger partial charge is 0.352 e. The molecule has 0 saturated carbocycles. The van der Waals surface area contributed by atoms with Crippen molar-refractivity contribution < 1.29 is 9.59 Å². The first kappa shape index (κ1) is 19.6. The quantitative estimate of drug-likeness (QED) is 0.758. The number of nitrogens with zero attached hydrogens (tertiary/aromatic N) is 2. The van der Waals surface area contributed by atoms with Gasteiger partial charge in [-0.15, -0.1) is 11.3 Å². The molecule has 27 heavy (non-hydrogen) atoms. The Kier molecular flexibility index (Phi) is 6.34. The summed E-state index contributed by atoms with van der Waals surface area (Å²) in [5, 5.41) is 8.99. The van der Waals surface area contributed by atoms with Crippen LogP contribution in [0, 0.1) is 0 Å². The molecule has 2 atom stereocenters. The normalized spacial score (nSPS) is 17.6. The van der Waals surface area contributed by atoms with E-state index in [1.54, 1.807) is 16.3 Å². The second-order valence-electron chi connectivity index (χ2n) is 6.62. The monoisotopic (exact) mass is 406 g/mol. The van der Waals surface area contributed by atoms with E-state index < -0.39 is 6.04 Å². The molecule has 0 radical (unpaired) electrons. The number of thiazole rings is 1. The van der Waals surface area contributed by atoms with Crippen LogP contribution in [-0.4, -0.2) is 40.3 Å². The summed E-state index contributed by atoms with van der Waals surface area (Å²) in [5.74, 6) is -0.292. The molecule has 2 amide bonds. The molecule has 3 rings (SSSR count). The van der Waals surface area contributed by atoms with Crippen LogP contribution in [0.4, 0.5) is 10.8 Å². The van der Waals surface area contributed by atoms with E-state index in [2.05, 4.69) is 15.6 Å². The van der Waals surface area contributed by atoms with Crippen molar-refractivity contribution in [3.8, 4) is 0 Å². The summed E-state index contributed by atoms with van der Waals surface area (Å²) in [7, 11) is 0. The predicted octanol–water partition coefficient (Wildman–Crippen LogP) is 4.06. The molecule has 0 unspecified atom stereocenters. The minimum atomic E-state index is -0.423. The van der Waals surface area contributed by atoms with Crippen molar-refractivity contribution in [1.82, 2.24) is 15.2 Å². The summed E-state index contributed by atoms with van der Waals surface area (Å²) in [4.78, 5) is 31.4. The number of benzene rings is 1. The van der Waals surface area contributed by atoms with Gasteiger partial charge in [0, 0.05) is 18.0 Å². The number of nitrogens with one attached hydrogen (secondary N) is 2. The van der Waals surface area contributed by atoms with Crippen LogP contribution < -0.4 is 10.6 Å². The smallest absolute Gasteiger partial charge is 0.274 e. The fraction of sp³-hybridized carbons (Fsp3) is 0.421. The van der Waals surface area contributed by atoms with Gasteiger partial charge >= 0.3 is 0 Å². The topological polar surface area (TPSA) is 74.3 Å². The third-order valence-corrected chi connectivity index (χ3v) is 5.74. The molecule has 8 heteroatoms. The summed E-state index contributed by atoms with van der Waals surface area (Å²) in [5.41, 5.74) is 1.08. The van der Waals surface area contributed by atoms with E-state index in [1.165, 1.54) is 11.3 Å². The van der Waals surface area contributed by atoms with Gasteiger partial charge in [0.1, 0.15) is 11.7 Å². The van der Waals surface area contributed by atoms with Gasteiger partial charge in [0.25, 0.3) is 5.91 Å². The molecule has 0 spiro atoms. The Labute approximate surface area is 167 Å². The number of para-hydroxylation sites is 1. The highest BCUT2D eigenvalue weighted by Crippen LogP contribution is 2.28. The van der Waals surface area contributed by atoms with Crippen molar-refractivity contribution >= 4 is 45.6 Å². The van der Waals surface area contributed by atoms with Gasteiger partial charge in [-0.1, -0.05) is 30.7 Å². The Morgan fingerprint density at radius 2 is 2.19 bits per heavy atom. The zero-order valence-electron chi connectivity index (χ0n) is 15.4. The van der Waals surface area contributed by atoms with E-state index in [0.29, 0.717) is 28.8 Å². The van der Waals surface area contributed by atoms with Crippen LogP contribution in [0.25, 0.3) is 0 Å². The molecule has 2 aromatic rings. The molecule has 2 heterocycles. The molecule has 0 bridgehead atoms. The van der Waals surface area contributed by atoms with E-state index in [-0.39, 0.29) is 17.9 Å². The van der Waals surface area contributed by atoms with E-state index in [0.717, 1.165) is 18.5 Å². The number of carbonyl (C=O) groups excluding carboxylic acids is 2. The van der Waals surface area contributed by atoms with Crippen molar-refractivity contribution in [3.05, 3.63) is 40.4 Å². The molecule has 2 N–H and O–H groups in total. The summed E-state index contributed by atoms with van der Waals surface area (Å²) in [6.45, 7) is 4.56. The minimum absolute atomic E-state index is 0.0835. The molecule has 1 aliphatic rings. The predicted molar refractivity (Wildman–Crippen MR) is 109 cm³/mol.